The summed E-state index contributed by atoms with van der Waals surface area (Å²) in [5, 5.41) is 0. The van der Waals surface area contributed by atoms with E-state index in [9.17, 15) is 0 Å². The van der Waals surface area contributed by atoms with Crippen molar-refractivity contribution in [2.24, 2.45) is 0 Å². The zero-order chi connectivity index (χ0) is 8.55. The van der Waals surface area contributed by atoms with E-state index in [1.807, 2.05) is 11.3 Å². The van der Waals surface area contributed by atoms with Gasteiger partial charge in [0.15, 0.2) is 0 Å². The van der Waals surface area contributed by atoms with Crippen LogP contribution < -0.4 is 0 Å². The first-order chi connectivity index (χ1) is 5.83. The van der Waals surface area contributed by atoms with Gasteiger partial charge in [0.1, 0.15) is 0 Å². The zero-order valence-electron chi connectivity index (χ0n) is 7.94. The maximum atomic E-state index is 2.28. The molecule has 1 aliphatic rings. The molecule has 0 unspecified atom stereocenters. The van der Waals surface area contributed by atoms with E-state index in [4.69, 9.17) is 0 Å². The van der Waals surface area contributed by atoms with Crippen molar-refractivity contribution in [3.63, 3.8) is 0 Å². The van der Waals surface area contributed by atoms with E-state index in [-0.39, 0.29) is 0 Å². The summed E-state index contributed by atoms with van der Waals surface area (Å²) in [6.07, 6.45) is 6.76. The molecule has 0 aromatic carbocycles. The van der Waals surface area contributed by atoms with Crippen LogP contribution in [-0.4, -0.2) is 0 Å². The van der Waals surface area contributed by atoms with Gasteiger partial charge in [0.05, 0.1) is 0 Å². The van der Waals surface area contributed by atoms with Crippen LogP contribution in [0, 0.1) is 6.92 Å². The maximum absolute atomic E-state index is 2.28. The molecule has 2 rings (SSSR count). The summed E-state index contributed by atoms with van der Waals surface area (Å²) >= 11 is 2.04. The summed E-state index contributed by atoms with van der Waals surface area (Å²) in [6.45, 7) is 4.56. The molecule has 1 heterocycles. The van der Waals surface area contributed by atoms with Crippen molar-refractivity contribution in [2.75, 3.05) is 0 Å². The summed E-state index contributed by atoms with van der Waals surface area (Å²) in [7, 11) is 0. The Morgan fingerprint density at radius 1 is 1.25 bits per heavy atom. The normalized spacial score (nSPS) is 16.2. The van der Waals surface area contributed by atoms with Crippen molar-refractivity contribution in [3.05, 3.63) is 20.9 Å². The van der Waals surface area contributed by atoms with E-state index in [0.717, 1.165) is 0 Å². The number of hydrogen-bond donors (Lipinski definition) is 0. The molecular weight excluding hydrogens is 164 g/mol. The van der Waals surface area contributed by atoms with Gasteiger partial charge in [-0.2, -0.15) is 0 Å². The third-order valence-corrected chi connectivity index (χ3v) is 4.09. The van der Waals surface area contributed by atoms with Crippen molar-refractivity contribution >= 4 is 11.3 Å². The number of aryl methyl sites for hydroxylation is 2. The summed E-state index contributed by atoms with van der Waals surface area (Å²) in [6, 6.07) is 0. The molecule has 0 N–H and O–H groups in total. The van der Waals surface area contributed by atoms with Crippen LogP contribution in [-0.2, 0) is 19.3 Å². The summed E-state index contributed by atoms with van der Waals surface area (Å²) in [5.41, 5.74) is 3.38. The van der Waals surface area contributed by atoms with Gasteiger partial charge >= 0.3 is 0 Å². The Morgan fingerprint density at radius 2 is 2.00 bits per heavy atom. The minimum absolute atomic E-state index is 1.23. The minimum atomic E-state index is 1.23. The first-order valence-electron chi connectivity index (χ1n) is 4.93. The molecule has 0 amide bonds. The fraction of sp³-hybridized carbons (Fsp3) is 0.636. The molecule has 12 heavy (non-hydrogen) atoms. The lowest BCUT2D eigenvalue weighted by molar-refractivity contribution is 0.691. The van der Waals surface area contributed by atoms with E-state index >= 15 is 0 Å². The van der Waals surface area contributed by atoms with Crippen LogP contribution in [0.25, 0.3) is 0 Å². The predicted octanol–water partition coefficient (Wildman–Crippen LogP) is 3.50. The monoisotopic (exact) mass is 180 g/mol. The number of fused-ring (bicyclic) bond motifs is 1. The molecule has 1 aromatic heterocycles. The molecule has 66 valence electrons. The van der Waals surface area contributed by atoms with Gasteiger partial charge in [0.25, 0.3) is 0 Å². The maximum Gasteiger partial charge on any atom is 0.00829 e. The Labute approximate surface area is 78.6 Å². The molecule has 0 radical (unpaired) electrons. The Kier molecular flexibility index (Phi) is 2.22. The number of thiophene rings is 1. The fourth-order valence-corrected chi connectivity index (χ4v) is 3.59. The molecular formula is C11H16S. The first-order valence-corrected chi connectivity index (χ1v) is 5.74. The quantitative estimate of drug-likeness (QED) is 0.620. The van der Waals surface area contributed by atoms with Crippen LogP contribution >= 0.6 is 11.3 Å². The van der Waals surface area contributed by atoms with Gasteiger partial charge in [-0.15, -0.1) is 11.3 Å². The van der Waals surface area contributed by atoms with Crippen LogP contribution in [0.1, 0.15) is 40.6 Å². The second kappa shape index (κ2) is 3.21. The molecule has 1 aromatic rings. The van der Waals surface area contributed by atoms with E-state index < -0.39 is 0 Å². The fourth-order valence-electron chi connectivity index (χ4n) is 2.23. The van der Waals surface area contributed by atoms with Crippen LogP contribution in [0.3, 0.4) is 0 Å². The van der Waals surface area contributed by atoms with Crippen LogP contribution in [0.15, 0.2) is 0 Å². The Bertz CT molecular complexity index is 283. The highest BCUT2D eigenvalue weighted by Crippen LogP contribution is 2.33. The van der Waals surface area contributed by atoms with Crippen LogP contribution in [0.4, 0.5) is 0 Å². The number of hydrogen-bond acceptors (Lipinski definition) is 1. The lowest BCUT2D eigenvalue weighted by Gasteiger charge is -2.11. The molecule has 0 nitrogen and oxygen atoms in total. The van der Waals surface area contributed by atoms with E-state index in [2.05, 4.69) is 13.8 Å². The third-order valence-electron chi connectivity index (χ3n) is 2.84. The van der Waals surface area contributed by atoms with Gasteiger partial charge in [0.2, 0.25) is 0 Å². The highest BCUT2D eigenvalue weighted by atomic mass is 32.1. The van der Waals surface area contributed by atoms with Gasteiger partial charge < -0.3 is 0 Å². The van der Waals surface area contributed by atoms with Crippen molar-refractivity contribution in [3.8, 4) is 0 Å². The van der Waals surface area contributed by atoms with Crippen molar-refractivity contribution in [1.82, 2.24) is 0 Å². The molecule has 1 aliphatic carbocycles. The van der Waals surface area contributed by atoms with Gasteiger partial charge in [0, 0.05) is 9.75 Å². The zero-order valence-corrected chi connectivity index (χ0v) is 8.76. The smallest absolute Gasteiger partial charge is 0.00829 e. The summed E-state index contributed by atoms with van der Waals surface area (Å²) in [5.74, 6) is 0. The van der Waals surface area contributed by atoms with Crippen LogP contribution in [0.5, 0.6) is 0 Å². The van der Waals surface area contributed by atoms with Gasteiger partial charge in [-0.25, -0.2) is 0 Å². The number of rotatable bonds is 1. The minimum Gasteiger partial charge on any atom is -0.145 e. The molecule has 0 aliphatic heterocycles. The van der Waals surface area contributed by atoms with E-state index in [1.54, 1.807) is 20.9 Å². The topological polar surface area (TPSA) is 0 Å². The lowest BCUT2D eigenvalue weighted by atomic mass is 9.94. The average Bonchev–Trinajstić information content (AvgIpc) is 2.40. The van der Waals surface area contributed by atoms with Crippen molar-refractivity contribution < 1.29 is 0 Å². The van der Waals surface area contributed by atoms with Crippen LogP contribution in [0.2, 0.25) is 0 Å². The standard InChI is InChI=1S/C11H16S/c1-3-9-8(2)12-11-7-5-4-6-10(9)11/h3-7H2,1-2H3. The predicted molar refractivity (Wildman–Crippen MR) is 55.1 cm³/mol. The molecule has 0 saturated carbocycles. The summed E-state index contributed by atoms with van der Waals surface area (Å²) in [4.78, 5) is 3.26. The van der Waals surface area contributed by atoms with Gasteiger partial charge in [-0.3, -0.25) is 0 Å². The Morgan fingerprint density at radius 3 is 2.75 bits per heavy atom. The van der Waals surface area contributed by atoms with Gasteiger partial charge in [-0.05, 0) is 50.2 Å². The first kappa shape index (κ1) is 8.31. The SMILES string of the molecule is CCc1c(C)sc2c1CCCC2. The van der Waals surface area contributed by atoms with E-state index in [0.29, 0.717) is 0 Å². The Hall–Kier alpha value is -0.300. The second-order valence-electron chi connectivity index (χ2n) is 3.60. The third kappa shape index (κ3) is 1.20. The highest BCUT2D eigenvalue weighted by molar-refractivity contribution is 7.12. The van der Waals surface area contributed by atoms with Gasteiger partial charge in [-0.1, -0.05) is 6.92 Å². The average molecular weight is 180 g/mol. The lowest BCUT2D eigenvalue weighted by Crippen LogP contribution is -2.00. The second-order valence-corrected chi connectivity index (χ2v) is 4.91. The highest BCUT2D eigenvalue weighted by Gasteiger charge is 2.16. The van der Waals surface area contributed by atoms with Crippen molar-refractivity contribution in [1.29, 1.82) is 0 Å². The molecule has 0 spiro atoms. The molecule has 0 atom stereocenters. The van der Waals surface area contributed by atoms with E-state index in [1.165, 1.54) is 32.1 Å². The molecule has 1 heteroatoms. The Balaban J connectivity index is 2.46. The molecule has 0 bridgehead atoms. The largest absolute Gasteiger partial charge is 0.145 e. The molecule has 0 saturated heterocycles. The van der Waals surface area contributed by atoms with Crippen molar-refractivity contribution in [2.45, 2.75) is 46.0 Å². The summed E-state index contributed by atoms with van der Waals surface area (Å²) < 4.78 is 0. The molecule has 0 fully saturated rings.